The normalized spacial score (nSPS) is 35.6. The van der Waals surface area contributed by atoms with E-state index in [2.05, 4.69) is 5.32 Å². The summed E-state index contributed by atoms with van der Waals surface area (Å²) in [4.78, 5) is 34.1. The highest BCUT2D eigenvalue weighted by atomic mass is 32.2. The van der Waals surface area contributed by atoms with Gasteiger partial charge < -0.3 is 0 Å². The molecule has 14 heavy (non-hydrogen) atoms. The highest BCUT2D eigenvalue weighted by Crippen LogP contribution is 2.49. The van der Waals surface area contributed by atoms with Crippen LogP contribution >= 0.6 is 11.8 Å². The Hall–Kier alpha value is -0.840. The van der Waals surface area contributed by atoms with Crippen LogP contribution in [0.3, 0.4) is 0 Å². The zero-order valence-electron chi connectivity index (χ0n) is 7.83. The molecule has 76 valence electrons. The molecule has 0 spiro atoms. The largest absolute Gasteiger partial charge is 0.295 e. The molecule has 0 bridgehead atoms. The number of hydrogen-bond donors (Lipinski definition) is 1. The average molecular weight is 213 g/mol. The molecule has 0 aromatic rings. The van der Waals surface area contributed by atoms with Gasteiger partial charge in [0, 0.05) is 6.92 Å². The van der Waals surface area contributed by atoms with Crippen LogP contribution < -0.4 is 5.32 Å². The van der Waals surface area contributed by atoms with Gasteiger partial charge in [-0.2, -0.15) is 0 Å². The van der Waals surface area contributed by atoms with Crippen molar-refractivity contribution in [2.24, 2.45) is 5.92 Å². The summed E-state index contributed by atoms with van der Waals surface area (Å²) in [6, 6.07) is 0. The predicted molar refractivity (Wildman–Crippen MR) is 51.5 cm³/mol. The summed E-state index contributed by atoms with van der Waals surface area (Å²) >= 11 is 1.02. The minimum Gasteiger partial charge on any atom is -0.295 e. The summed E-state index contributed by atoms with van der Waals surface area (Å²) in [6.07, 6.45) is 2.21. The Morgan fingerprint density at radius 3 is 2.93 bits per heavy atom. The van der Waals surface area contributed by atoms with E-state index in [1.165, 1.54) is 6.92 Å². The molecule has 5 heteroatoms. The maximum absolute atomic E-state index is 11.6. The van der Waals surface area contributed by atoms with Gasteiger partial charge in [-0.05, 0) is 12.8 Å². The number of fused-ring (bicyclic) bond motifs is 1. The third-order valence-electron chi connectivity index (χ3n) is 2.87. The lowest BCUT2D eigenvalue weighted by Crippen LogP contribution is -2.36. The van der Waals surface area contributed by atoms with Crippen LogP contribution in [-0.2, 0) is 14.4 Å². The van der Waals surface area contributed by atoms with Crippen LogP contribution in [0.4, 0.5) is 0 Å². The molecular weight excluding hydrogens is 202 g/mol. The van der Waals surface area contributed by atoms with Crippen molar-refractivity contribution in [1.82, 2.24) is 5.32 Å². The van der Waals surface area contributed by atoms with Crippen LogP contribution in [-0.4, -0.2) is 21.7 Å². The van der Waals surface area contributed by atoms with E-state index in [-0.39, 0.29) is 22.8 Å². The van der Waals surface area contributed by atoms with Crippen LogP contribution in [0.25, 0.3) is 0 Å². The number of thioether (sulfide) groups is 1. The lowest BCUT2D eigenvalue weighted by Gasteiger charge is -2.21. The van der Waals surface area contributed by atoms with Gasteiger partial charge in [-0.3, -0.25) is 19.7 Å². The van der Waals surface area contributed by atoms with Gasteiger partial charge >= 0.3 is 0 Å². The average Bonchev–Trinajstić information content (AvgIpc) is 2.55. The van der Waals surface area contributed by atoms with E-state index in [0.717, 1.165) is 24.6 Å². The summed E-state index contributed by atoms with van der Waals surface area (Å²) in [6.45, 7) is 1.44. The monoisotopic (exact) mass is 213 g/mol. The molecule has 2 aliphatic rings. The first-order valence-corrected chi connectivity index (χ1v) is 5.43. The van der Waals surface area contributed by atoms with Crippen molar-refractivity contribution in [2.75, 3.05) is 0 Å². The van der Waals surface area contributed by atoms with Gasteiger partial charge in [0.2, 0.25) is 11.8 Å². The fraction of sp³-hybridized carbons (Fsp3) is 0.667. The van der Waals surface area contributed by atoms with E-state index < -0.39 is 4.75 Å². The smallest absolute Gasteiger partial charge is 0.244 e. The Morgan fingerprint density at radius 2 is 2.29 bits per heavy atom. The topological polar surface area (TPSA) is 63.2 Å². The van der Waals surface area contributed by atoms with Crippen molar-refractivity contribution in [3.8, 4) is 0 Å². The summed E-state index contributed by atoms with van der Waals surface area (Å²) in [5, 5.41) is 2.22. The first-order chi connectivity index (χ1) is 6.56. The molecule has 0 aromatic carbocycles. The lowest BCUT2D eigenvalue weighted by molar-refractivity contribution is -0.126. The van der Waals surface area contributed by atoms with E-state index in [4.69, 9.17) is 0 Å². The highest BCUT2D eigenvalue weighted by Gasteiger charge is 2.58. The van der Waals surface area contributed by atoms with Gasteiger partial charge in [-0.15, -0.1) is 0 Å². The number of rotatable bonds is 1. The second kappa shape index (κ2) is 3.08. The van der Waals surface area contributed by atoms with Gasteiger partial charge in [-0.1, -0.05) is 18.2 Å². The van der Waals surface area contributed by atoms with Crippen molar-refractivity contribution in [1.29, 1.82) is 0 Å². The van der Waals surface area contributed by atoms with Crippen molar-refractivity contribution < 1.29 is 14.4 Å². The molecule has 2 fully saturated rings. The Balaban J connectivity index is 2.33. The van der Waals surface area contributed by atoms with Crippen molar-refractivity contribution in [3.63, 3.8) is 0 Å². The second-order valence-electron chi connectivity index (χ2n) is 3.75. The molecule has 2 amide bonds. The minimum absolute atomic E-state index is 0.0956. The minimum atomic E-state index is -0.775. The molecule has 2 rings (SSSR count). The van der Waals surface area contributed by atoms with Crippen molar-refractivity contribution in [2.45, 2.75) is 30.9 Å². The van der Waals surface area contributed by atoms with Crippen LogP contribution in [0.15, 0.2) is 0 Å². The Kier molecular flexibility index (Phi) is 2.14. The van der Waals surface area contributed by atoms with Gasteiger partial charge in [-0.25, -0.2) is 0 Å². The molecule has 1 saturated carbocycles. The third kappa shape index (κ3) is 1.19. The fourth-order valence-electron chi connectivity index (χ4n) is 2.32. The maximum atomic E-state index is 11.6. The number of nitrogens with one attached hydrogen (secondary N) is 1. The molecular formula is C9H11NO3S. The van der Waals surface area contributed by atoms with Gasteiger partial charge in [0.1, 0.15) is 4.75 Å². The van der Waals surface area contributed by atoms with Gasteiger partial charge in [0.15, 0.2) is 5.12 Å². The molecule has 0 aromatic heterocycles. The predicted octanol–water partition coefficient (Wildman–Crippen LogP) is 0.461. The summed E-state index contributed by atoms with van der Waals surface area (Å²) in [5.74, 6) is -0.768. The quantitative estimate of drug-likeness (QED) is 0.643. The zero-order chi connectivity index (χ0) is 10.3. The zero-order valence-corrected chi connectivity index (χ0v) is 8.65. The van der Waals surface area contributed by atoms with E-state index >= 15 is 0 Å². The first kappa shape index (κ1) is 9.71. The van der Waals surface area contributed by atoms with Crippen LogP contribution in [0.2, 0.25) is 0 Å². The molecule has 0 unspecified atom stereocenters. The Morgan fingerprint density at radius 1 is 1.57 bits per heavy atom. The number of hydrogen-bond acceptors (Lipinski definition) is 4. The number of amides is 2. The number of carbonyl (C=O) groups excluding carboxylic acids is 3. The first-order valence-electron chi connectivity index (χ1n) is 4.61. The maximum Gasteiger partial charge on any atom is 0.244 e. The number of imide groups is 1. The summed E-state index contributed by atoms with van der Waals surface area (Å²) < 4.78 is -0.775. The molecule has 1 aliphatic heterocycles. The van der Waals surface area contributed by atoms with E-state index in [0.29, 0.717) is 6.42 Å². The van der Waals surface area contributed by atoms with E-state index in [1.54, 1.807) is 0 Å². The van der Waals surface area contributed by atoms with Gasteiger partial charge in [0.05, 0.1) is 5.92 Å². The summed E-state index contributed by atoms with van der Waals surface area (Å²) in [5.41, 5.74) is 0. The molecule has 4 nitrogen and oxygen atoms in total. The van der Waals surface area contributed by atoms with Crippen LogP contribution in [0.5, 0.6) is 0 Å². The van der Waals surface area contributed by atoms with Crippen molar-refractivity contribution >= 4 is 28.7 Å². The van der Waals surface area contributed by atoms with Crippen LogP contribution in [0, 0.1) is 5.92 Å². The third-order valence-corrected chi connectivity index (χ3v) is 4.19. The SMILES string of the molecule is CC(=O)S[C@]12CCC[C@H]1C(=O)NC2=O. The highest BCUT2D eigenvalue weighted by molar-refractivity contribution is 8.15. The van der Waals surface area contributed by atoms with Gasteiger partial charge in [0.25, 0.3) is 0 Å². The molecule has 0 radical (unpaired) electrons. The lowest BCUT2D eigenvalue weighted by atomic mass is 9.98. The standard InChI is InChI=1S/C9H11NO3S/c1-5(11)14-9-4-2-3-6(9)7(12)10-8(9)13/h6H,2-4H2,1H3,(H,10,12,13)/t6-,9+/m0/s1. The number of carbonyl (C=O) groups is 3. The molecule has 1 heterocycles. The van der Waals surface area contributed by atoms with E-state index in [9.17, 15) is 14.4 Å². The summed E-state index contributed by atoms with van der Waals surface area (Å²) in [7, 11) is 0. The second-order valence-corrected chi connectivity index (χ2v) is 5.25. The molecule has 1 aliphatic carbocycles. The van der Waals surface area contributed by atoms with E-state index in [1.807, 2.05) is 0 Å². The Bertz CT molecular complexity index is 328. The Labute approximate surface area is 85.8 Å². The fourth-order valence-corrected chi connectivity index (χ4v) is 3.59. The van der Waals surface area contributed by atoms with Crippen LogP contribution in [0.1, 0.15) is 26.2 Å². The molecule has 1 saturated heterocycles. The van der Waals surface area contributed by atoms with Crippen molar-refractivity contribution in [3.05, 3.63) is 0 Å². The molecule has 1 N–H and O–H groups in total. The molecule has 2 atom stereocenters.